The maximum absolute atomic E-state index is 14.9. The standard InChI is InChI=1S/C21H19FN4O.ClH/c22-17-11-16(24-21(27)15-7-9-23-10-8-15)5-6-19(17)26-20(14-3-4-14)12-18(25-26)13-1-2-13;/h5-14H,1-4H2,(H,24,27);1H. The molecule has 1 aromatic carbocycles. The summed E-state index contributed by atoms with van der Waals surface area (Å²) in [6, 6.07) is 10.1. The van der Waals surface area contributed by atoms with Crippen molar-refractivity contribution < 1.29 is 9.18 Å². The van der Waals surface area contributed by atoms with E-state index in [4.69, 9.17) is 0 Å². The van der Waals surface area contributed by atoms with Crippen LogP contribution in [0.25, 0.3) is 5.69 Å². The molecule has 2 aliphatic rings. The van der Waals surface area contributed by atoms with Crippen molar-refractivity contribution in [1.82, 2.24) is 14.8 Å². The molecule has 2 aliphatic carbocycles. The van der Waals surface area contributed by atoms with Crippen LogP contribution in [-0.2, 0) is 0 Å². The lowest BCUT2D eigenvalue weighted by Crippen LogP contribution is -2.12. The summed E-state index contributed by atoms with van der Waals surface area (Å²) in [5, 5.41) is 7.41. The van der Waals surface area contributed by atoms with E-state index in [-0.39, 0.29) is 18.3 Å². The van der Waals surface area contributed by atoms with Crippen LogP contribution in [-0.4, -0.2) is 20.7 Å². The van der Waals surface area contributed by atoms with Crippen molar-refractivity contribution in [2.75, 3.05) is 5.32 Å². The van der Waals surface area contributed by atoms with Gasteiger partial charge in [-0.25, -0.2) is 9.07 Å². The third kappa shape index (κ3) is 3.64. The van der Waals surface area contributed by atoms with E-state index in [1.54, 1.807) is 41.3 Å². The van der Waals surface area contributed by atoms with Gasteiger partial charge in [0.15, 0.2) is 5.82 Å². The van der Waals surface area contributed by atoms with E-state index in [0.29, 0.717) is 28.8 Å². The van der Waals surface area contributed by atoms with Crippen LogP contribution >= 0.6 is 12.4 Å². The minimum atomic E-state index is -0.394. The van der Waals surface area contributed by atoms with Gasteiger partial charge in [0.25, 0.3) is 5.91 Å². The summed E-state index contributed by atoms with van der Waals surface area (Å²) in [7, 11) is 0. The van der Waals surface area contributed by atoms with Gasteiger partial charge >= 0.3 is 0 Å². The molecule has 0 bridgehead atoms. The normalized spacial score (nSPS) is 15.8. The van der Waals surface area contributed by atoms with Crippen LogP contribution in [0.3, 0.4) is 0 Å². The molecule has 2 aromatic heterocycles. The number of hydrogen-bond acceptors (Lipinski definition) is 3. The van der Waals surface area contributed by atoms with Gasteiger partial charge in [-0.1, -0.05) is 0 Å². The molecule has 2 fully saturated rings. The first kappa shape index (κ1) is 18.6. The first-order valence-electron chi connectivity index (χ1n) is 9.30. The highest BCUT2D eigenvalue weighted by Gasteiger charge is 2.33. The molecule has 2 saturated carbocycles. The van der Waals surface area contributed by atoms with Crippen LogP contribution in [0.5, 0.6) is 0 Å². The molecule has 0 saturated heterocycles. The third-order valence-electron chi connectivity index (χ3n) is 5.12. The molecule has 7 heteroatoms. The van der Waals surface area contributed by atoms with Crippen LogP contribution in [0.2, 0.25) is 0 Å². The first-order chi connectivity index (χ1) is 13.2. The fraction of sp³-hybridized carbons (Fsp3) is 0.286. The van der Waals surface area contributed by atoms with E-state index in [2.05, 4.69) is 21.5 Å². The summed E-state index contributed by atoms with van der Waals surface area (Å²) >= 11 is 0. The number of aromatic nitrogens is 3. The van der Waals surface area contributed by atoms with Crippen molar-refractivity contribution in [3.05, 3.63) is 71.6 Å². The van der Waals surface area contributed by atoms with Gasteiger partial charge in [0, 0.05) is 41.2 Å². The predicted octanol–water partition coefficient (Wildman–Crippen LogP) is 4.84. The fourth-order valence-electron chi connectivity index (χ4n) is 3.32. The minimum Gasteiger partial charge on any atom is -0.322 e. The molecule has 0 atom stereocenters. The minimum absolute atomic E-state index is 0. The van der Waals surface area contributed by atoms with E-state index in [0.717, 1.165) is 24.2 Å². The molecule has 1 amide bonds. The average molecular weight is 399 g/mol. The van der Waals surface area contributed by atoms with Gasteiger partial charge < -0.3 is 5.32 Å². The number of amides is 1. The highest BCUT2D eigenvalue weighted by Crippen LogP contribution is 2.45. The predicted molar refractivity (Wildman–Crippen MR) is 107 cm³/mol. The Morgan fingerprint density at radius 3 is 2.39 bits per heavy atom. The van der Waals surface area contributed by atoms with Gasteiger partial charge in [-0.2, -0.15) is 5.10 Å². The number of anilines is 1. The molecular formula is C21H20ClFN4O. The van der Waals surface area contributed by atoms with E-state index < -0.39 is 5.82 Å². The number of rotatable bonds is 5. The van der Waals surface area contributed by atoms with Crippen LogP contribution in [0.1, 0.15) is 59.3 Å². The molecule has 3 aromatic rings. The zero-order chi connectivity index (χ0) is 18.4. The highest BCUT2D eigenvalue weighted by atomic mass is 35.5. The molecule has 144 valence electrons. The number of pyridine rings is 1. The van der Waals surface area contributed by atoms with Crippen LogP contribution in [0.15, 0.2) is 48.8 Å². The highest BCUT2D eigenvalue weighted by molar-refractivity contribution is 6.04. The van der Waals surface area contributed by atoms with Gasteiger partial charge in [0.2, 0.25) is 0 Å². The topological polar surface area (TPSA) is 59.8 Å². The molecule has 0 radical (unpaired) electrons. The van der Waals surface area contributed by atoms with Crippen LogP contribution in [0, 0.1) is 5.82 Å². The Morgan fingerprint density at radius 2 is 1.75 bits per heavy atom. The number of hydrogen-bond donors (Lipinski definition) is 1. The Labute approximate surface area is 168 Å². The average Bonchev–Trinajstić information content (AvgIpc) is 3.61. The summed E-state index contributed by atoms with van der Waals surface area (Å²) in [5.41, 5.74) is 3.51. The van der Waals surface area contributed by atoms with E-state index in [1.807, 2.05) is 0 Å². The molecule has 0 spiro atoms. The molecule has 28 heavy (non-hydrogen) atoms. The second kappa shape index (κ2) is 7.36. The summed E-state index contributed by atoms with van der Waals surface area (Å²) in [5.74, 6) is 0.328. The molecule has 5 rings (SSSR count). The van der Waals surface area contributed by atoms with Crippen molar-refractivity contribution in [3.8, 4) is 5.69 Å². The van der Waals surface area contributed by atoms with Crippen LogP contribution < -0.4 is 5.32 Å². The molecular weight excluding hydrogens is 379 g/mol. The summed E-state index contributed by atoms with van der Waals surface area (Å²) in [6.45, 7) is 0. The van der Waals surface area contributed by atoms with Crippen LogP contribution in [0.4, 0.5) is 10.1 Å². The fourth-order valence-corrected chi connectivity index (χ4v) is 3.32. The molecule has 1 N–H and O–H groups in total. The Balaban J connectivity index is 0.00000192. The lowest BCUT2D eigenvalue weighted by Gasteiger charge is -2.10. The van der Waals surface area contributed by atoms with Gasteiger partial charge in [-0.3, -0.25) is 9.78 Å². The van der Waals surface area contributed by atoms with E-state index >= 15 is 0 Å². The smallest absolute Gasteiger partial charge is 0.255 e. The molecule has 5 nitrogen and oxygen atoms in total. The Kier molecular flexibility index (Phi) is 4.89. The monoisotopic (exact) mass is 398 g/mol. The Bertz CT molecular complexity index is 1010. The lowest BCUT2D eigenvalue weighted by molar-refractivity contribution is 0.102. The number of nitrogens with zero attached hydrogens (tertiary/aromatic N) is 3. The first-order valence-corrected chi connectivity index (χ1v) is 9.30. The second-order valence-corrected chi connectivity index (χ2v) is 7.31. The molecule has 0 aliphatic heterocycles. The Morgan fingerprint density at radius 1 is 1.04 bits per heavy atom. The summed E-state index contributed by atoms with van der Waals surface area (Å²) < 4.78 is 16.6. The van der Waals surface area contributed by atoms with Gasteiger partial charge in [-0.15, -0.1) is 12.4 Å². The van der Waals surface area contributed by atoms with Crippen molar-refractivity contribution in [2.24, 2.45) is 0 Å². The van der Waals surface area contributed by atoms with Crippen molar-refractivity contribution in [1.29, 1.82) is 0 Å². The molecule has 0 unspecified atom stereocenters. The number of nitrogens with one attached hydrogen (secondary N) is 1. The van der Waals surface area contributed by atoms with Gasteiger partial charge in [0.1, 0.15) is 5.69 Å². The van der Waals surface area contributed by atoms with Gasteiger partial charge in [-0.05, 0) is 62.1 Å². The maximum atomic E-state index is 14.9. The Hall–Kier alpha value is -2.73. The van der Waals surface area contributed by atoms with E-state index in [1.165, 1.54) is 18.9 Å². The summed E-state index contributed by atoms with van der Waals surface area (Å²) in [6.07, 6.45) is 7.71. The van der Waals surface area contributed by atoms with Crippen molar-refractivity contribution >= 4 is 24.0 Å². The largest absolute Gasteiger partial charge is 0.322 e. The number of halogens is 2. The number of carbonyl (C=O) groups excluding carboxylic acids is 1. The SMILES string of the molecule is Cl.O=C(Nc1ccc(-n2nc(C3CC3)cc2C2CC2)c(F)c1)c1ccncc1. The number of benzene rings is 1. The second-order valence-electron chi connectivity index (χ2n) is 7.31. The van der Waals surface area contributed by atoms with E-state index in [9.17, 15) is 9.18 Å². The zero-order valence-electron chi connectivity index (χ0n) is 15.1. The maximum Gasteiger partial charge on any atom is 0.255 e. The zero-order valence-corrected chi connectivity index (χ0v) is 16.0. The lowest BCUT2D eigenvalue weighted by atomic mass is 10.2. The number of carbonyl (C=O) groups is 1. The molecule has 2 heterocycles. The quantitative estimate of drug-likeness (QED) is 0.669. The summed E-state index contributed by atoms with van der Waals surface area (Å²) in [4.78, 5) is 16.1. The third-order valence-corrected chi connectivity index (χ3v) is 5.12. The van der Waals surface area contributed by atoms with Crippen molar-refractivity contribution in [2.45, 2.75) is 37.5 Å². The van der Waals surface area contributed by atoms with Gasteiger partial charge in [0.05, 0.1) is 5.69 Å². The van der Waals surface area contributed by atoms with Crippen molar-refractivity contribution in [3.63, 3.8) is 0 Å².